The van der Waals surface area contributed by atoms with Crippen molar-refractivity contribution in [3.63, 3.8) is 0 Å². The van der Waals surface area contributed by atoms with Gasteiger partial charge in [0.05, 0.1) is 6.10 Å². The summed E-state index contributed by atoms with van der Waals surface area (Å²) in [5, 5.41) is 9.80. The minimum atomic E-state index is -0.334. The van der Waals surface area contributed by atoms with E-state index >= 15 is 0 Å². The van der Waals surface area contributed by atoms with Crippen molar-refractivity contribution in [1.29, 1.82) is 0 Å². The average molecular weight is 243 g/mol. The van der Waals surface area contributed by atoms with Gasteiger partial charge in [-0.2, -0.15) is 0 Å². The van der Waals surface area contributed by atoms with Gasteiger partial charge in [0.2, 0.25) is 0 Å². The average Bonchev–Trinajstić information content (AvgIpc) is 2.10. The highest BCUT2D eigenvalue weighted by molar-refractivity contribution is 9.10. The number of aliphatic hydroxyl groups excluding tert-OH is 1. The Hall–Kier alpha value is -0.340. The zero-order chi connectivity index (χ0) is 9.84. The molecule has 0 unspecified atom stereocenters. The molecule has 0 aliphatic heterocycles. The maximum Gasteiger partial charge on any atom is 0.0800 e. The summed E-state index contributed by atoms with van der Waals surface area (Å²) in [4.78, 5) is 0. The topological polar surface area (TPSA) is 20.2 Å². The van der Waals surface area contributed by atoms with Crippen LogP contribution in [-0.4, -0.2) is 5.11 Å². The molecule has 1 atom stereocenters. The van der Waals surface area contributed by atoms with Crippen LogP contribution in [-0.2, 0) is 0 Å². The Balaban J connectivity index is 2.93. The van der Waals surface area contributed by atoms with Crippen molar-refractivity contribution >= 4 is 15.9 Å². The van der Waals surface area contributed by atoms with Crippen LogP contribution in [0.2, 0.25) is 0 Å². The van der Waals surface area contributed by atoms with E-state index < -0.39 is 0 Å². The first kappa shape index (κ1) is 10.7. The van der Waals surface area contributed by atoms with Gasteiger partial charge in [0.15, 0.2) is 0 Å². The van der Waals surface area contributed by atoms with E-state index in [4.69, 9.17) is 0 Å². The third kappa shape index (κ3) is 2.55. The molecule has 0 saturated carbocycles. The first-order valence-electron chi connectivity index (χ1n) is 4.60. The standard InChI is InChI=1S/C11H15BrO/c1-3-5-10(13)9-7-4-6-8(2)11(9)12/h4,6-7,10,13H,3,5H2,1-2H3/t10-/m0/s1. The van der Waals surface area contributed by atoms with Crippen molar-refractivity contribution in [3.8, 4) is 0 Å². The zero-order valence-electron chi connectivity index (χ0n) is 8.05. The Morgan fingerprint density at radius 3 is 2.77 bits per heavy atom. The van der Waals surface area contributed by atoms with Crippen molar-refractivity contribution in [1.82, 2.24) is 0 Å². The molecule has 0 heterocycles. The Morgan fingerprint density at radius 1 is 1.46 bits per heavy atom. The predicted octanol–water partition coefficient (Wildman–Crippen LogP) is 3.59. The van der Waals surface area contributed by atoms with Crippen molar-refractivity contribution in [2.75, 3.05) is 0 Å². The fourth-order valence-electron chi connectivity index (χ4n) is 1.36. The lowest BCUT2D eigenvalue weighted by Gasteiger charge is -2.12. The van der Waals surface area contributed by atoms with Gasteiger partial charge < -0.3 is 5.11 Å². The highest BCUT2D eigenvalue weighted by Gasteiger charge is 2.10. The predicted molar refractivity (Wildman–Crippen MR) is 58.7 cm³/mol. The van der Waals surface area contributed by atoms with E-state index in [1.54, 1.807) is 0 Å². The van der Waals surface area contributed by atoms with Gasteiger partial charge in [-0.05, 0) is 24.5 Å². The molecule has 0 aromatic heterocycles. The summed E-state index contributed by atoms with van der Waals surface area (Å²) in [5.74, 6) is 0. The number of hydrogen-bond donors (Lipinski definition) is 1. The molecule has 1 nitrogen and oxygen atoms in total. The molecule has 0 spiro atoms. The molecule has 72 valence electrons. The van der Waals surface area contributed by atoms with Gasteiger partial charge >= 0.3 is 0 Å². The summed E-state index contributed by atoms with van der Waals surface area (Å²) in [6.45, 7) is 4.11. The number of benzene rings is 1. The third-order valence-electron chi connectivity index (χ3n) is 2.14. The van der Waals surface area contributed by atoms with Gasteiger partial charge in [0, 0.05) is 4.47 Å². The summed E-state index contributed by atoms with van der Waals surface area (Å²) < 4.78 is 1.04. The highest BCUT2D eigenvalue weighted by atomic mass is 79.9. The molecule has 0 saturated heterocycles. The molecule has 13 heavy (non-hydrogen) atoms. The lowest BCUT2D eigenvalue weighted by molar-refractivity contribution is 0.165. The molecule has 0 fully saturated rings. The summed E-state index contributed by atoms with van der Waals surface area (Å²) in [6, 6.07) is 5.98. The second kappa shape index (κ2) is 4.77. The van der Waals surface area contributed by atoms with Gasteiger partial charge in [0.25, 0.3) is 0 Å². The van der Waals surface area contributed by atoms with E-state index in [1.807, 2.05) is 25.1 Å². The van der Waals surface area contributed by atoms with Crippen molar-refractivity contribution in [2.45, 2.75) is 32.8 Å². The first-order valence-corrected chi connectivity index (χ1v) is 5.39. The van der Waals surface area contributed by atoms with E-state index in [0.29, 0.717) is 0 Å². The molecule has 0 aliphatic carbocycles. The summed E-state index contributed by atoms with van der Waals surface area (Å²) in [5.41, 5.74) is 2.18. The maximum absolute atomic E-state index is 9.80. The van der Waals surface area contributed by atoms with Crippen molar-refractivity contribution in [2.24, 2.45) is 0 Å². The molecule has 1 N–H and O–H groups in total. The first-order chi connectivity index (χ1) is 6.16. The fourth-order valence-corrected chi connectivity index (χ4v) is 1.88. The zero-order valence-corrected chi connectivity index (χ0v) is 9.63. The van der Waals surface area contributed by atoms with Crippen molar-refractivity contribution < 1.29 is 5.11 Å². The van der Waals surface area contributed by atoms with Gasteiger partial charge in [0.1, 0.15) is 0 Å². The smallest absolute Gasteiger partial charge is 0.0800 e. The number of aryl methyl sites for hydroxylation is 1. The molecule has 0 radical (unpaired) electrons. The molecule has 0 aliphatic rings. The van der Waals surface area contributed by atoms with E-state index in [0.717, 1.165) is 22.9 Å². The van der Waals surface area contributed by atoms with Crippen LogP contribution in [0.25, 0.3) is 0 Å². The SMILES string of the molecule is CCC[C@H](O)c1cccc(C)c1Br. The van der Waals surface area contributed by atoms with Gasteiger partial charge in [-0.1, -0.05) is 47.5 Å². The molecule has 1 aromatic rings. The van der Waals surface area contributed by atoms with Gasteiger partial charge in [-0.3, -0.25) is 0 Å². The van der Waals surface area contributed by atoms with Crippen LogP contribution in [0.15, 0.2) is 22.7 Å². The van der Waals surface area contributed by atoms with Gasteiger partial charge in [-0.15, -0.1) is 0 Å². The summed E-state index contributed by atoms with van der Waals surface area (Å²) >= 11 is 3.49. The second-order valence-electron chi connectivity index (χ2n) is 3.28. The van der Waals surface area contributed by atoms with Gasteiger partial charge in [-0.25, -0.2) is 0 Å². The Kier molecular flexibility index (Phi) is 3.94. The van der Waals surface area contributed by atoms with Crippen molar-refractivity contribution in [3.05, 3.63) is 33.8 Å². The largest absolute Gasteiger partial charge is 0.388 e. The normalized spacial score (nSPS) is 12.9. The second-order valence-corrected chi connectivity index (χ2v) is 4.08. The molecule has 0 bridgehead atoms. The molecular formula is C11H15BrO. The summed E-state index contributed by atoms with van der Waals surface area (Å²) in [6.07, 6.45) is 1.49. The number of aliphatic hydroxyl groups is 1. The molecule has 1 aromatic carbocycles. The van der Waals surface area contributed by atoms with Crippen LogP contribution in [0.3, 0.4) is 0 Å². The Bertz CT molecular complexity index is 283. The highest BCUT2D eigenvalue weighted by Crippen LogP contribution is 2.28. The van der Waals surface area contributed by atoms with E-state index in [-0.39, 0.29) is 6.10 Å². The van der Waals surface area contributed by atoms with Crippen LogP contribution in [0.5, 0.6) is 0 Å². The molecule has 0 amide bonds. The number of hydrogen-bond acceptors (Lipinski definition) is 1. The lowest BCUT2D eigenvalue weighted by atomic mass is 10.0. The number of rotatable bonds is 3. The van der Waals surface area contributed by atoms with E-state index in [9.17, 15) is 5.11 Å². The summed E-state index contributed by atoms with van der Waals surface area (Å²) in [7, 11) is 0. The minimum Gasteiger partial charge on any atom is -0.388 e. The van der Waals surface area contributed by atoms with Crippen LogP contribution in [0.1, 0.15) is 37.0 Å². The van der Waals surface area contributed by atoms with Crippen LogP contribution >= 0.6 is 15.9 Å². The maximum atomic E-state index is 9.80. The lowest BCUT2D eigenvalue weighted by Crippen LogP contribution is -1.98. The third-order valence-corrected chi connectivity index (χ3v) is 3.23. The molecule has 1 rings (SSSR count). The minimum absolute atomic E-state index is 0.334. The fraction of sp³-hybridized carbons (Fsp3) is 0.455. The van der Waals surface area contributed by atoms with Crippen LogP contribution < -0.4 is 0 Å². The van der Waals surface area contributed by atoms with Crippen LogP contribution in [0.4, 0.5) is 0 Å². The Morgan fingerprint density at radius 2 is 2.15 bits per heavy atom. The molecule has 2 heteroatoms. The number of halogens is 1. The molecular weight excluding hydrogens is 228 g/mol. The van der Waals surface area contributed by atoms with E-state index in [2.05, 4.69) is 22.9 Å². The van der Waals surface area contributed by atoms with Crippen LogP contribution in [0, 0.1) is 6.92 Å². The monoisotopic (exact) mass is 242 g/mol. The van der Waals surface area contributed by atoms with E-state index in [1.165, 1.54) is 5.56 Å². The quantitative estimate of drug-likeness (QED) is 0.860. The Labute approximate surface area is 87.9 Å².